The molecule has 6 heteroatoms. The summed E-state index contributed by atoms with van der Waals surface area (Å²) in [7, 11) is 1.58. The van der Waals surface area contributed by atoms with Crippen molar-refractivity contribution < 1.29 is 9.53 Å². The molecule has 114 valence electrons. The van der Waals surface area contributed by atoms with Crippen LogP contribution in [0.25, 0.3) is 0 Å². The Kier molecular flexibility index (Phi) is 3.96. The van der Waals surface area contributed by atoms with Gasteiger partial charge in [-0.1, -0.05) is 23.9 Å². The standard InChI is InChI=1S/C16H17N3O2S/c1-21-12-4-2-3-10(7-12)14(20)9-19-13-6-5-11(17)8-15(13)22-16(19)18/h2-8,16H,9,17-18H2,1H3. The van der Waals surface area contributed by atoms with Crippen molar-refractivity contribution in [2.45, 2.75) is 10.4 Å². The second-order valence-electron chi connectivity index (χ2n) is 5.02. The summed E-state index contributed by atoms with van der Waals surface area (Å²) in [5.41, 5.74) is 13.9. The molecule has 1 aliphatic heterocycles. The van der Waals surface area contributed by atoms with Crippen molar-refractivity contribution in [3.63, 3.8) is 0 Å². The molecule has 0 aliphatic carbocycles. The molecule has 0 fully saturated rings. The molecule has 1 atom stereocenters. The van der Waals surface area contributed by atoms with Gasteiger partial charge in [-0.25, -0.2) is 0 Å². The van der Waals surface area contributed by atoms with Gasteiger partial charge in [-0.05, 0) is 30.3 Å². The van der Waals surface area contributed by atoms with Crippen molar-refractivity contribution in [1.82, 2.24) is 0 Å². The maximum absolute atomic E-state index is 12.5. The van der Waals surface area contributed by atoms with Crippen LogP contribution in [0.5, 0.6) is 5.75 Å². The van der Waals surface area contributed by atoms with E-state index in [2.05, 4.69) is 0 Å². The summed E-state index contributed by atoms with van der Waals surface area (Å²) in [6.07, 6.45) is 0. The highest BCUT2D eigenvalue weighted by atomic mass is 32.2. The maximum atomic E-state index is 12.5. The SMILES string of the molecule is COc1cccc(C(=O)CN2c3ccc(N)cc3SC2N)c1. The Morgan fingerprint density at radius 2 is 2.14 bits per heavy atom. The van der Waals surface area contributed by atoms with Crippen LogP contribution >= 0.6 is 11.8 Å². The summed E-state index contributed by atoms with van der Waals surface area (Å²) in [5, 5.41) is 0. The van der Waals surface area contributed by atoms with Gasteiger partial charge in [0.25, 0.3) is 0 Å². The fourth-order valence-corrected chi connectivity index (χ4v) is 3.50. The number of ketones is 1. The van der Waals surface area contributed by atoms with Crippen molar-refractivity contribution in [2.75, 3.05) is 24.3 Å². The summed E-state index contributed by atoms with van der Waals surface area (Å²) in [4.78, 5) is 15.4. The topological polar surface area (TPSA) is 81.6 Å². The molecule has 0 bridgehead atoms. The van der Waals surface area contributed by atoms with E-state index < -0.39 is 0 Å². The van der Waals surface area contributed by atoms with E-state index in [1.54, 1.807) is 25.3 Å². The zero-order chi connectivity index (χ0) is 15.7. The first-order chi connectivity index (χ1) is 10.6. The van der Waals surface area contributed by atoms with Crippen molar-refractivity contribution in [3.05, 3.63) is 48.0 Å². The quantitative estimate of drug-likeness (QED) is 0.665. The number of carbonyl (C=O) groups is 1. The molecule has 0 spiro atoms. The highest BCUT2D eigenvalue weighted by molar-refractivity contribution is 8.00. The van der Waals surface area contributed by atoms with Crippen LogP contribution in [0.3, 0.4) is 0 Å². The number of fused-ring (bicyclic) bond motifs is 1. The first-order valence-electron chi connectivity index (χ1n) is 6.84. The molecule has 1 heterocycles. The minimum absolute atomic E-state index is 0.000347. The highest BCUT2D eigenvalue weighted by Crippen LogP contribution is 2.42. The fraction of sp³-hybridized carbons (Fsp3) is 0.188. The number of carbonyl (C=O) groups excluding carboxylic acids is 1. The fourth-order valence-electron chi connectivity index (χ4n) is 2.41. The van der Waals surface area contributed by atoms with Crippen LogP contribution in [-0.2, 0) is 0 Å². The smallest absolute Gasteiger partial charge is 0.182 e. The van der Waals surface area contributed by atoms with Gasteiger partial charge in [0, 0.05) is 16.1 Å². The second-order valence-corrected chi connectivity index (χ2v) is 6.18. The third kappa shape index (κ3) is 2.75. The number of rotatable bonds is 4. The maximum Gasteiger partial charge on any atom is 0.182 e. The minimum atomic E-state index is -0.286. The van der Waals surface area contributed by atoms with Crippen LogP contribution in [0.1, 0.15) is 10.4 Å². The number of nitrogen functional groups attached to an aromatic ring is 1. The third-order valence-corrected chi connectivity index (χ3v) is 4.63. The molecule has 5 nitrogen and oxygen atoms in total. The van der Waals surface area contributed by atoms with Crippen molar-refractivity contribution in [1.29, 1.82) is 0 Å². The molecule has 1 unspecified atom stereocenters. The van der Waals surface area contributed by atoms with Gasteiger partial charge in [0.05, 0.1) is 19.3 Å². The van der Waals surface area contributed by atoms with E-state index in [1.807, 2.05) is 29.2 Å². The largest absolute Gasteiger partial charge is 0.497 e. The Morgan fingerprint density at radius 1 is 1.32 bits per heavy atom. The van der Waals surface area contributed by atoms with Gasteiger partial charge in [0.1, 0.15) is 11.2 Å². The third-order valence-electron chi connectivity index (χ3n) is 3.55. The monoisotopic (exact) mass is 315 g/mol. The number of ether oxygens (including phenoxy) is 1. The Bertz CT molecular complexity index is 720. The summed E-state index contributed by atoms with van der Waals surface area (Å²) in [6.45, 7) is 0.220. The van der Waals surface area contributed by atoms with Gasteiger partial charge in [-0.15, -0.1) is 0 Å². The zero-order valence-electron chi connectivity index (χ0n) is 12.2. The van der Waals surface area contributed by atoms with Gasteiger partial charge in [0.15, 0.2) is 5.78 Å². The molecular weight excluding hydrogens is 298 g/mol. The normalized spacial score (nSPS) is 16.5. The predicted octanol–water partition coefficient (Wildman–Crippen LogP) is 2.31. The molecule has 1 aliphatic rings. The van der Waals surface area contributed by atoms with Gasteiger partial charge < -0.3 is 21.1 Å². The molecule has 4 N–H and O–H groups in total. The van der Waals surface area contributed by atoms with Crippen molar-refractivity contribution >= 4 is 28.9 Å². The number of nitrogens with zero attached hydrogens (tertiary/aromatic N) is 1. The van der Waals surface area contributed by atoms with Gasteiger partial charge in [-0.3, -0.25) is 4.79 Å². The van der Waals surface area contributed by atoms with E-state index >= 15 is 0 Å². The average Bonchev–Trinajstić information content (AvgIpc) is 2.82. The van der Waals surface area contributed by atoms with Gasteiger partial charge >= 0.3 is 0 Å². The van der Waals surface area contributed by atoms with E-state index in [0.717, 1.165) is 10.6 Å². The number of hydrogen-bond donors (Lipinski definition) is 2. The van der Waals surface area contributed by atoms with E-state index in [0.29, 0.717) is 17.0 Å². The molecule has 0 saturated carbocycles. The molecule has 3 rings (SSSR count). The summed E-state index contributed by atoms with van der Waals surface area (Å²) >= 11 is 1.50. The Morgan fingerprint density at radius 3 is 2.91 bits per heavy atom. The lowest BCUT2D eigenvalue weighted by atomic mass is 10.1. The first-order valence-corrected chi connectivity index (χ1v) is 7.72. The lowest BCUT2D eigenvalue weighted by Gasteiger charge is -2.22. The zero-order valence-corrected chi connectivity index (χ0v) is 13.0. The van der Waals surface area contributed by atoms with Crippen LogP contribution in [0.4, 0.5) is 11.4 Å². The van der Waals surface area contributed by atoms with E-state index in [4.69, 9.17) is 16.2 Å². The average molecular weight is 315 g/mol. The van der Waals surface area contributed by atoms with E-state index in [-0.39, 0.29) is 17.8 Å². The van der Waals surface area contributed by atoms with Crippen LogP contribution in [0.15, 0.2) is 47.4 Å². The number of benzene rings is 2. The van der Waals surface area contributed by atoms with Crippen LogP contribution in [-0.4, -0.2) is 24.9 Å². The van der Waals surface area contributed by atoms with Gasteiger partial charge in [0.2, 0.25) is 0 Å². The number of hydrogen-bond acceptors (Lipinski definition) is 6. The Balaban J connectivity index is 1.82. The van der Waals surface area contributed by atoms with Crippen LogP contribution < -0.4 is 21.1 Å². The second kappa shape index (κ2) is 5.90. The Labute approximate surface area is 133 Å². The number of nitrogens with two attached hydrogens (primary N) is 2. The van der Waals surface area contributed by atoms with E-state index in [9.17, 15) is 4.79 Å². The van der Waals surface area contributed by atoms with Crippen molar-refractivity contribution in [2.24, 2.45) is 5.73 Å². The summed E-state index contributed by atoms with van der Waals surface area (Å²) in [5.74, 6) is 0.666. The minimum Gasteiger partial charge on any atom is -0.497 e. The highest BCUT2D eigenvalue weighted by Gasteiger charge is 2.29. The molecule has 2 aromatic carbocycles. The number of methoxy groups -OCH3 is 1. The van der Waals surface area contributed by atoms with Crippen molar-refractivity contribution in [3.8, 4) is 5.75 Å². The molecule has 0 saturated heterocycles. The molecular formula is C16H17N3O2S. The lowest BCUT2D eigenvalue weighted by molar-refractivity contribution is 0.0998. The molecule has 0 aromatic heterocycles. The first kappa shape index (κ1) is 14.7. The summed E-state index contributed by atoms with van der Waals surface area (Å²) in [6, 6.07) is 12.7. The molecule has 0 radical (unpaired) electrons. The molecule has 0 amide bonds. The van der Waals surface area contributed by atoms with E-state index in [1.165, 1.54) is 11.8 Å². The lowest BCUT2D eigenvalue weighted by Crippen LogP contribution is -2.39. The Hall–Kier alpha value is -2.18. The predicted molar refractivity (Wildman–Crippen MR) is 89.4 cm³/mol. The van der Waals surface area contributed by atoms with Crippen LogP contribution in [0.2, 0.25) is 0 Å². The summed E-state index contributed by atoms with van der Waals surface area (Å²) < 4.78 is 5.16. The van der Waals surface area contributed by atoms with Crippen LogP contribution in [0, 0.1) is 0 Å². The number of thioether (sulfide) groups is 1. The number of Topliss-reactive ketones (excluding diaryl/α,β-unsaturated/α-hetero) is 1. The molecule has 2 aromatic rings. The number of anilines is 2. The van der Waals surface area contributed by atoms with Gasteiger partial charge in [-0.2, -0.15) is 0 Å². The molecule has 22 heavy (non-hydrogen) atoms.